The molecule has 0 radical (unpaired) electrons. The molecule has 0 aliphatic rings. The molecule has 0 aliphatic heterocycles. The van der Waals surface area contributed by atoms with Gasteiger partial charge in [0.15, 0.2) is 0 Å². The second-order valence-corrected chi connectivity index (χ2v) is 8.13. The van der Waals surface area contributed by atoms with Gasteiger partial charge in [-0.25, -0.2) is 14.4 Å². The molecule has 5 rings (SSSR count). The standard InChI is InChI=1S/C27H23FN4O/c1-17-6-5-15-29-27(17)32-25(33)10-4-8-20-21-16-19(28)12-14-23(21)31-26(20)24-13-11-18-7-2-3-9-22(18)30-24/h2-3,5-7,9,11-16,31H,4,8,10H2,1H3,(H,29,32,33). The molecule has 33 heavy (non-hydrogen) atoms. The van der Waals surface area contributed by atoms with Crippen LogP contribution in [-0.4, -0.2) is 20.9 Å². The van der Waals surface area contributed by atoms with Gasteiger partial charge >= 0.3 is 0 Å². The number of pyridine rings is 2. The molecule has 0 saturated carbocycles. The first-order chi connectivity index (χ1) is 16.1. The van der Waals surface area contributed by atoms with E-state index in [1.807, 2.05) is 55.5 Å². The molecule has 2 aromatic carbocycles. The maximum atomic E-state index is 14.1. The summed E-state index contributed by atoms with van der Waals surface area (Å²) < 4.78 is 14.1. The van der Waals surface area contributed by atoms with Crippen LogP contribution in [0.2, 0.25) is 0 Å². The predicted molar refractivity (Wildman–Crippen MR) is 130 cm³/mol. The monoisotopic (exact) mass is 438 g/mol. The highest BCUT2D eigenvalue weighted by molar-refractivity contribution is 5.92. The third-order valence-corrected chi connectivity index (χ3v) is 5.82. The van der Waals surface area contributed by atoms with Gasteiger partial charge < -0.3 is 10.3 Å². The number of anilines is 1. The van der Waals surface area contributed by atoms with E-state index in [1.54, 1.807) is 18.3 Å². The molecule has 0 aliphatic carbocycles. The van der Waals surface area contributed by atoms with Gasteiger partial charge in [-0.3, -0.25) is 4.79 Å². The molecule has 0 fully saturated rings. The quantitative estimate of drug-likeness (QED) is 0.332. The fourth-order valence-corrected chi connectivity index (χ4v) is 4.14. The first-order valence-corrected chi connectivity index (χ1v) is 11.0. The van der Waals surface area contributed by atoms with Gasteiger partial charge in [-0.2, -0.15) is 0 Å². The second-order valence-electron chi connectivity index (χ2n) is 8.13. The number of benzene rings is 2. The summed E-state index contributed by atoms with van der Waals surface area (Å²) in [6.07, 6.45) is 3.22. The summed E-state index contributed by atoms with van der Waals surface area (Å²) >= 11 is 0. The summed E-state index contributed by atoms with van der Waals surface area (Å²) in [4.78, 5) is 24.9. The first-order valence-electron chi connectivity index (χ1n) is 11.0. The lowest BCUT2D eigenvalue weighted by atomic mass is 10.0. The molecule has 164 valence electrons. The van der Waals surface area contributed by atoms with Crippen LogP contribution in [0.3, 0.4) is 0 Å². The Labute approximate surface area is 190 Å². The predicted octanol–water partition coefficient (Wildman–Crippen LogP) is 6.19. The summed E-state index contributed by atoms with van der Waals surface area (Å²) in [6.45, 7) is 1.91. The lowest BCUT2D eigenvalue weighted by Gasteiger charge is -2.08. The number of rotatable bonds is 6. The molecular weight excluding hydrogens is 415 g/mol. The van der Waals surface area contributed by atoms with Gasteiger partial charge in [0.1, 0.15) is 11.6 Å². The molecule has 5 aromatic rings. The first kappa shape index (κ1) is 20.8. The van der Waals surface area contributed by atoms with Gasteiger partial charge in [-0.1, -0.05) is 30.3 Å². The summed E-state index contributed by atoms with van der Waals surface area (Å²) in [5.74, 6) is 0.204. The number of H-pyrrole nitrogens is 1. The zero-order valence-electron chi connectivity index (χ0n) is 18.2. The van der Waals surface area contributed by atoms with Crippen molar-refractivity contribution in [2.24, 2.45) is 0 Å². The van der Waals surface area contributed by atoms with Crippen LogP contribution in [0.15, 0.2) is 72.9 Å². The summed E-state index contributed by atoms with van der Waals surface area (Å²) in [7, 11) is 0. The van der Waals surface area contributed by atoms with Crippen LogP contribution in [0.25, 0.3) is 33.2 Å². The fraction of sp³-hybridized carbons (Fsp3) is 0.148. The van der Waals surface area contributed by atoms with E-state index in [1.165, 1.54) is 6.07 Å². The van der Waals surface area contributed by atoms with Crippen molar-refractivity contribution >= 4 is 33.5 Å². The van der Waals surface area contributed by atoms with E-state index < -0.39 is 0 Å². The van der Waals surface area contributed by atoms with Crippen LogP contribution < -0.4 is 5.32 Å². The molecule has 0 atom stereocenters. The highest BCUT2D eigenvalue weighted by Crippen LogP contribution is 2.32. The van der Waals surface area contributed by atoms with Crippen LogP contribution in [0, 0.1) is 12.7 Å². The van der Waals surface area contributed by atoms with Crippen molar-refractivity contribution in [1.29, 1.82) is 0 Å². The van der Waals surface area contributed by atoms with Crippen molar-refractivity contribution in [3.63, 3.8) is 0 Å². The molecule has 1 amide bonds. The van der Waals surface area contributed by atoms with E-state index >= 15 is 0 Å². The van der Waals surface area contributed by atoms with E-state index in [2.05, 4.69) is 15.3 Å². The number of nitrogens with one attached hydrogen (secondary N) is 2. The van der Waals surface area contributed by atoms with Crippen molar-refractivity contribution in [3.8, 4) is 11.4 Å². The van der Waals surface area contributed by atoms with E-state index in [0.717, 1.165) is 44.3 Å². The van der Waals surface area contributed by atoms with Crippen molar-refractivity contribution < 1.29 is 9.18 Å². The van der Waals surface area contributed by atoms with Crippen molar-refractivity contribution in [1.82, 2.24) is 15.0 Å². The number of para-hydroxylation sites is 1. The number of amides is 1. The topological polar surface area (TPSA) is 70.7 Å². The number of hydrogen-bond acceptors (Lipinski definition) is 3. The van der Waals surface area contributed by atoms with Crippen LogP contribution >= 0.6 is 0 Å². The Kier molecular flexibility index (Phi) is 5.57. The Bertz CT molecular complexity index is 1470. The Morgan fingerprint density at radius 2 is 1.94 bits per heavy atom. The van der Waals surface area contributed by atoms with Gasteiger partial charge in [0, 0.05) is 28.9 Å². The number of carbonyl (C=O) groups excluding carboxylic acids is 1. The largest absolute Gasteiger partial charge is 0.353 e. The summed E-state index contributed by atoms with van der Waals surface area (Å²) in [5.41, 5.74) is 5.30. The average molecular weight is 439 g/mol. The van der Waals surface area contributed by atoms with Gasteiger partial charge in [0.05, 0.1) is 16.9 Å². The molecule has 3 aromatic heterocycles. The molecule has 3 heterocycles. The highest BCUT2D eigenvalue weighted by atomic mass is 19.1. The Hall–Kier alpha value is -4.06. The molecular formula is C27H23FN4O. The molecule has 5 nitrogen and oxygen atoms in total. The van der Waals surface area contributed by atoms with E-state index in [-0.39, 0.29) is 11.7 Å². The van der Waals surface area contributed by atoms with Crippen LogP contribution in [0.1, 0.15) is 24.0 Å². The number of carbonyl (C=O) groups is 1. The molecule has 0 unspecified atom stereocenters. The highest BCUT2D eigenvalue weighted by Gasteiger charge is 2.16. The fourth-order valence-electron chi connectivity index (χ4n) is 4.14. The molecule has 0 saturated heterocycles. The number of hydrogen-bond donors (Lipinski definition) is 2. The van der Waals surface area contributed by atoms with Crippen molar-refractivity contribution in [2.45, 2.75) is 26.2 Å². The number of halogens is 1. The van der Waals surface area contributed by atoms with Gasteiger partial charge in [-0.15, -0.1) is 0 Å². The average Bonchev–Trinajstić information content (AvgIpc) is 3.18. The van der Waals surface area contributed by atoms with Crippen molar-refractivity contribution in [3.05, 3.63) is 89.9 Å². The minimum Gasteiger partial charge on any atom is -0.353 e. The lowest BCUT2D eigenvalue weighted by Crippen LogP contribution is -2.13. The smallest absolute Gasteiger partial charge is 0.225 e. The van der Waals surface area contributed by atoms with Crippen LogP contribution in [-0.2, 0) is 11.2 Å². The molecule has 0 bridgehead atoms. The number of nitrogens with zero attached hydrogens (tertiary/aromatic N) is 2. The Morgan fingerprint density at radius 1 is 1.06 bits per heavy atom. The zero-order chi connectivity index (χ0) is 22.8. The zero-order valence-corrected chi connectivity index (χ0v) is 18.2. The number of aryl methyl sites for hydroxylation is 2. The van der Waals surface area contributed by atoms with E-state index in [9.17, 15) is 9.18 Å². The number of fused-ring (bicyclic) bond motifs is 2. The molecule has 2 N–H and O–H groups in total. The van der Waals surface area contributed by atoms with Crippen molar-refractivity contribution in [2.75, 3.05) is 5.32 Å². The normalized spacial score (nSPS) is 11.2. The summed E-state index contributed by atoms with van der Waals surface area (Å²) in [6, 6.07) is 20.4. The van der Waals surface area contributed by atoms with E-state index in [4.69, 9.17) is 4.98 Å². The number of aromatic amines is 1. The Morgan fingerprint density at radius 3 is 2.82 bits per heavy atom. The lowest BCUT2D eigenvalue weighted by molar-refractivity contribution is -0.116. The third kappa shape index (κ3) is 4.32. The van der Waals surface area contributed by atoms with Crippen LogP contribution in [0.5, 0.6) is 0 Å². The maximum absolute atomic E-state index is 14.1. The number of aromatic nitrogens is 3. The molecule has 0 spiro atoms. The van der Waals surface area contributed by atoms with E-state index in [0.29, 0.717) is 25.1 Å². The van der Waals surface area contributed by atoms with Gasteiger partial charge in [0.2, 0.25) is 5.91 Å². The Balaban J connectivity index is 1.42. The SMILES string of the molecule is Cc1cccnc1NC(=O)CCCc1c(-c2ccc3ccccc3n2)[nH]c2ccc(F)cc12. The second kappa shape index (κ2) is 8.82. The molecule has 6 heteroatoms. The minimum atomic E-state index is -0.288. The minimum absolute atomic E-state index is 0.0896. The van der Waals surface area contributed by atoms with Gasteiger partial charge in [-0.05, 0) is 67.3 Å². The summed E-state index contributed by atoms with van der Waals surface area (Å²) in [5, 5.41) is 4.75. The third-order valence-electron chi connectivity index (χ3n) is 5.82. The van der Waals surface area contributed by atoms with Gasteiger partial charge in [0.25, 0.3) is 0 Å². The maximum Gasteiger partial charge on any atom is 0.225 e. The van der Waals surface area contributed by atoms with Crippen LogP contribution in [0.4, 0.5) is 10.2 Å².